The second-order valence-electron chi connectivity index (χ2n) is 7.14. The largest absolute Gasteiger partial charge is 0.307 e. The number of hydrogen-bond acceptors (Lipinski definition) is 4. The van der Waals surface area contributed by atoms with Crippen LogP contribution in [0.25, 0.3) is 5.82 Å². The first-order chi connectivity index (χ1) is 12.8. The lowest BCUT2D eigenvalue weighted by molar-refractivity contribution is 0.0984. The van der Waals surface area contributed by atoms with Crippen LogP contribution in [0.5, 0.6) is 0 Å². The maximum Gasteiger partial charge on any atom is 0.259 e. The zero-order valence-corrected chi connectivity index (χ0v) is 14.4. The third kappa shape index (κ3) is 2.25. The number of anilines is 1. The van der Waals surface area contributed by atoms with E-state index in [0.29, 0.717) is 11.4 Å². The van der Waals surface area contributed by atoms with Crippen LogP contribution in [-0.2, 0) is 5.41 Å². The van der Waals surface area contributed by atoms with Gasteiger partial charge in [-0.3, -0.25) is 4.79 Å². The van der Waals surface area contributed by atoms with Crippen LogP contribution in [0.2, 0.25) is 0 Å². The van der Waals surface area contributed by atoms with Gasteiger partial charge in [-0.15, -0.1) is 0 Å². The van der Waals surface area contributed by atoms with Crippen LogP contribution in [0.15, 0.2) is 55.2 Å². The highest BCUT2D eigenvalue weighted by atomic mass is 16.2. The van der Waals surface area contributed by atoms with E-state index >= 15 is 0 Å². The molecule has 1 aliphatic carbocycles. The quantitative estimate of drug-likeness (QED) is 0.716. The predicted octanol–water partition coefficient (Wildman–Crippen LogP) is 3.13. The van der Waals surface area contributed by atoms with Crippen molar-refractivity contribution in [1.82, 2.24) is 19.7 Å². The van der Waals surface area contributed by atoms with Crippen LogP contribution < -0.4 is 4.90 Å². The molecule has 6 heteroatoms. The Hall–Kier alpha value is -3.02. The highest BCUT2D eigenvalue weighted by molar-refractivity contribution is 6.07. The fraction of sp³-hybridized carbons (Fsp3) is 0.300. The van der Waals surface area contributed by atoms with Gasteiger partial charge in [-0.2, -0.15) is 5.10 Å². The van der Waals surface area contributed by atoms with Gasteiger partial charge in [0, 0.05) is 23.8 Å². The summed E-state index contributed by atoms with van der Waals surface area (Å²) in [6.07, 6.45) is 9.48. The average molecular weight is 345 g/mol. The van der Waals surface area contributed by atoms with Gasteiger partial charge in [0.25, 0.3) is 5.91 Å². The van der Waals surface area contributed by atoms with Gasteiger partial charge in [-0.05, 0) is 36.6 Å². The van der Waals surface area contributed by atoms with Gasteiger partial charge in [0.05, 0.1) is 5.56 Å². The van der Waals surface area contributed by atoms with Crippen molar-refractivity contribution in [1.29, 1.82) is 0 Å². The van der Waals surface area contributed by atoms with Gasteiger partial charge in [0.15, 0.2) is 5.82 Å². The standard InChI is InChI=1S/C20H19N5O/c26-19(15-7-8-18(22-11-15)25-14-21-13-23-25)24-12-20(9-3-4-10-20)16-5-1-2-6-17(16)24/h1-2,5-8,11,13-14H,3-4,9-10,12H2. The molecule has 0 N–H and O–H groups in total. The first-order valence-corrected chi connectivity index (χ1v) is 8.99. The van der Waals surface area contributed by atoms with E-state index in [9.17, 15) is 4.79 Å². The molecule has 2 aliphatic rings. The summed E-state index contributed by atoms with van der Waals surface area (Å²) >= 11 is 0. The maximum atomic E-state index is 13.2. The van der Waals surface area contributed by atoms with E-state index < -0.39 is 0 Å². The summed E-state index contributed by atoms with van der Waals surface area (Å²) in [6, 6.07) is 12.0. The number of nitrogens with zero attached hydrogens (tertiary/aromatic N) is 5. The zero-order chi connectivity index (χ0) is 17.6. The first-order valence-electron chi connectivity index (χ1n) is 8.99. The van der Waals surface area contributed by atoms with E-state index in [1.54, 1.807) is 23.3 Å². The van der Waals surface area contributed by atoms with Gasteiger partial charge < -0.3 is 4.90 Å². The predicted molar refractivity (Wildman–Crippen MR) is 97.4 cm³/mol. The molecule has 6 nitrogen and oxygen atoms in total. The van der Waals surface area contributed by atoms with E-state index in [2.05, 4.69) is 33.3 Å². The Kier molecular flexibility index (Phi) is 3.38. The van der Waals surface area contributed by atoms with Crippen LogP contribution in [0, 0.1) is 0 Å². The number of carbonyl (C=O) groups excluding carboxylic acids is 1. The third-order valence-corrected chi connectivity index (χ3v) is 5.68. The number of amides is 1. The van der Waals surface area contributed by atoms with Crippen molar-refractivity contribution in [3.8, 4) is 5.82 Å². The number of hydrogen-bond donors (Lipinski definition) is 0. The summed E-state index contributed by atoms with van der Waals surface area (Å²) < 4.78 is 1.58. The molecule has 3 aromatic rings. The minimum atomic E-state index is 0.0128. The Morgan fingerprint density at radius 1 is 1.08 bits per heavy atom. The van der Waals surface area contributed by atoms with Gasteiger partial charge in [-0.1, -0.05) is 31.0 Å². The molecule has 1 aliphatic heterocycles. The molecule has 3 heterocycles. The molecule has 26 heavy (non-hydrogen) atoms. The second-order valence-corrected chi connectivity index (χ2v) is 7.14. The normalized spacial score (nSPS) is 17.6. The zero-order valence-electron chi connectivity index (χ0n) is 14.4. The minimum Gasteiger partial charge on any atom is -0.307 e. The van der Waals surface area contributed by atoms with E-state index in [4.69, 9.17) is 0 Å². The summed E-state index contributed by atoms with van der Waals surface area (Å²) in [5.74, 6) is 0.659. The van der Waals surface area contributed by atoms with Crippen LogP contribution >= 0.6 is 0 Å². The number of pyridine rings is 1. The molecular formula is C20H19N5O. The van der Waals surface area contributed by atoms with Crippen molar-refractivity contribution in [2.45, 2.75) is 31.1 Å². The van der Waals surface area contributed by atoms with Crippen molar-refractivity contribution in [2.75, 3.05) is 11.4 Å². The topological polar surface area (TPSA) is 63.9 Å². The number of aromatic nitrogens is 4. The van der Waals surface area contributed by atoms with Gasteiger partial charge in [-0.25, -0.2) is 14.6 Å². The van der Waals surface area contributed by atoms with Crippen molar-refractivity contribution in [3.63, 3.8) is 0 Å². The molecule has 5 rings (SSSR count). The van der Waals surface area contributed by atoms with Gasteiger partial charge in [0.1, 0.15) is 12.7 Å². The molecule has 0 atom stereocenters. The van der Waals surface area contributed by atoms with Crippen molar-refractivity contribution in [2.24, 2.45) is 0 Å². The molecule has 0 bridgehead atoms. The monoisotopic (exact) mass is 345 g/mol. The molecule has 130 valence electrons. The summed E-state index contributed by atoms with van der Waals surface area (Å²) in [7, 11) is 0. The summed E-state index contributed by atoms with van der Waals surface area (Å²) in [5.41, 5.74) is 3.12. The molecule has 1 saturated carbocycles. The smallest absolute Gasteiger partial charge is 0.259 e. The van der Waals surface area contributed by atoms with Crippen molar-refractivity contribution >= 4 is 11.6 Å². The fourth-order valence-corrected chi connectivity index (χ4v) is 4.42. The van der Waals surface area contributed by atoms with Crippen LogP contribution in [-0.4, -0.2) is 32.2 Å². The van der Waals surface area contributed by atoms with Gasteiger partial charge in [0.2, 0.25) is 0 Å². The highest BCUT2D eigenvalue weighted by Crippen LogP contribution is 2.50. The van der Waals surface area contributed by atoms with Crippen molar-refractivity contribution < 1.29 is 4.79 Å². The average Bonchev–Trinajstić information content (AvgIpc) is 3.44. The molecule has 2 aromatic heterocycles. The highest BCUT2D eigenvalue weighted by Gasteiger charge is 2.46. The molecule has 0 saturated heterocycles. The molecule has 1 spiro atoms. The Bertz CT molecular complexity index is 943. The number of carbonyl (C=O) groups is 1. The second kappa shape index (κ2) is 5.76. The minimum absolute atomic E-state index is 0.0128. The maximum absolute atomic E-state index is 13.2. The summed E-state index contributed by atoms with van der Waals surface area (Å²) in [5, 5.41) is 4.06. The number of benzene rings is 1. The lowest BCUT2D eigenvalue weighted by atomic mass is 9.81. The van der Waals surface area contributed by atoms with Gasteiger partial charge >= 0.3 is 0 Å². The number of para-hydroxylation sites is 1. The lowest BCUT2D eigenvalue weighted by Crippen LogP contribution is -2.35. The molecular weight excluding hydrogens is 326 g/mol. The SMILES string of the molecule is O=C(c1ccc(-n2cncn2)nc1)N1CC2(CCCC2)c2ccccc21. The number of rotatable bonds is 2. The summed E-state index contributed by atoms with van der Waals surface area (Å²) in [4.78, 5) is 23.4. The van der Waals surface area contributed by atoms with Crippen LogP contribution in [0.1, 0.15) is 41.6 Å². The number of fused-ring (bicyclic) bond motifs is 2. The summed E-state index contributed by atoms with van der Waals surface area (Å²) in [6.45, 7) is 0.774. The third-order valence-electron chi connectivity index (χ3n) is 5.68. The molecule has 0 radical (unpaired) electrons. The molecule has 0 unspecified atom stereocenters. The van der Waals surface area contributed by atoms with Crippen LogP contribution in [0.4, 0.5) is 5.69 Å². The van der Waals surface area contributed by atoms with E-state index in [0.717, 1.165) is 25.1 Å². The van der Waals surface area contributed by atoms with Crippen LogP contribution in [0.3, 0.4) is 0 Å². The Balaban J connectivity index is 1.47. The molecule has 1 fully saturated rings. The van der Waals surface area contributed by atoms with E-state index in [1.807, 2.05) is 17.0 Å². The van der Waals surface area contributed by atoms with Crippen molar-refractivity contribution in [3.05, 3.63) is 66.4 Å². The Morgan fingerprint density at radius 3 is 2.65 bits per heavy atom. The first kappa shape index (κ1) is 15.3. The fourth-order valence-electron chi connectivity index (χ4n) is 4.42. The Morgan fingerprint density at radius 2 is 1.92 bits per heavy atom. The van der Waals surface area contributed by atoms with E-state index in [-0.39, 0.29) is 11.3 Å². The molecule has 1 aromatic carbocycles. The van der Waals surface area contributed by atoms with E-state index in [1.165, 1.54) is 24.7 Å². The molecule has 1 amide bonds. The Labute approximate surface area is 151 Å². The lowest BCUT2D eigenvalue weighted by Gasteiger charge is -2.24.